The number of rotatable bonds is 13. The Morgan fingerprint density at radius 1 is 0.531 bits per heavy atom. The second kappa shape index (κ2) is 22.8. The van der Waals surface area contributed by atoms with Gasteiger partial charge in [-0.15, -0.1) is 0 Å². The third-order valence-electron chi connectivity index (χ3n) is 16.5. The molecule has 81 heavy (non-hydrogen) atoms. The standard InChI is InChI=1S/C21H25N5O3.2C19H23N5O2/c1-13(14-3-4-17(27)7-14)29-21-18-11-25(2)24-20(18)8-19(23-21)15-9-22-26(10-15)16-5-6-28-12-16;1-11-15(9-23(3)21-11)17-8-18-16(10-24(4)22-18)19(20-17)26-12(2)13-5-6-14(25)7-13;1-11-15(9-20-24(11)4)17-8-18-16(10-23(3)22-18)19(21-17)26-12(2)13-5-6-14(25)7-13/h8-11,13-14,16H,3-7,12H2,1-2H3;2*8-10,12-13H,5-7H2,1-4H3/t13-,14+,16+;2*12-,13+/m111/s1. The maximum Gasteiger partial charge on any atom is 0.225 e. The van der Waals surface area contributed by atoms with E-state index in [4.69, 9.17) is 33.9 Å². The molecule has 13 rings (SSSR count). The molecule has 3 saturated carbocycles. The topological polar surface area (TPSA) is 234 Å². The molecule has 22 heteroatoms. The van der Waals surface area contributed by atoms with E-state index in [1.807, 2.05) is 141 Å². The summed E-state index contributed by atoms with van der Waals surface area (Å²) in [5, 5.41) is 29.5. The number of aryl methyl sites for hydroxylation is 6. The van der Waals surface area contributed by atoms with Crippen LogP contribution in [0.5, 0.6) is 17.6 Å². The Labute approximate surface area is 469 Å². The van der Waals surface area contributed by atoms with Crippen LogP contribution in [0, 0.1) is 31.6 Å². The van der Waals surface area contributed by atoms with Gasteiger partial charge in [0, 0.05) is 151 Å². The van der Waals surface area contributed by atoms with Crippen LogP contribution in [-0.4, -0.2) is 123 Å². The number of ketones is 3. The van der Waals surface area contributed by atoms with Crippen LogP contribution in [0.1, 0.15) is 102 Å². The third-order valence-corrected chi connectivity index (χ3v) is 16.5. The zero-order chi connectivity index (χ0) is 56.8. The summed E-state index contributed by atoms with van der Waals surface area (Å²) < 4.78 is 35.1. The molecule has 0 radical (unpaired) electrons. The number of nitrogens with zero attached hydrogens (tertiary/aromatic N) is 15. The molecule has 3 aliphatic carbocycles. The minimum Gasteiger partial charge on any atom is -0.474 e. The van der Waals surface area contributed by atoms with Gasteiger partial charge in [-0.1, -0.05) is 0 Å². The van der Waals surface area contributed by atoms with E-state index < -0.39 is 0 Å². The number of pyridine rings is 3. The van der Waals surface area contributed by atoms with E-state index in [1.165, 1.54) is 0 Å². The van der Waals surface area contributed by atoms with Gasteiger partial charge in [0.25, 0.3) is 0 Å². The lowest BCUT2D eigenvalue weighted by Crippen LogP contribution is -2.22. The van der Waals surface area contributed by atoms with E-state index in [-0.39, 0.29) is 42.1 Å². The van der Waals surface area contributed by atoms with Crippen LogP contribution in [0.15, 0.2) is 61.6 Å². The molecule has 10 heterocycles. The van der Waals surface area contributed by atoms with Gasteiger partial charge in [-0.2, -0.15) is 30.6 Å². The predicted molar refractivity (Wildman–Crippen MR) is 302 cm³/mol. The highest BCUT2D eigenvalue weighted by Gasteiger charge is 2.32. The van der Waals surface area contributed by atoms with E-state index >= 15 is 0 Å². The molecule has 0 N–H and O–H groups in total. The minimum atomic E-state index is -0.0778. The van der Waals surface area contributed by atoms with Gasteiger partial charge in [-0.05, 0) is 78.5 Å². The summed E-state index contributed by atoms with van der Waals surface area (Å²) >= 11 is 0. The summed E-state index contributed by atoms with van der Waals surface area (Å²) in [6, 6.07) is 6.18. The van der Waals surface area contributed by atoms with Gasteiger partial charge >= 0.3 is 0 Å². The Hall–Kier alpha value is -8.14. The molecule has 9 aromatic heterocycles. The molecule has 1 saturated heterocycles. The van der Waals surface area contributed by atoms with E-state index in [2.05, 4.69) is 30.6 Å². The fourth-order valence-corrected chi connectivity index (χ4v) is 11.6. The molecule has 0 amide bonds. The monoisotopic (exact) mass is 1100 g/mol. The Kier molecular flexibility index (Phi) is 15.4. The van der Waals surface area contributed by atoms with Crippen molar-refractivity contribution in [1.29, 1.82) is 0 Å². The van der Waals surface area contributed by atoms with Gasteiger partial charge in [-0.3, -0.25) is 42.5 Å². The lowest BCUT2D eigenvalue weighted by molar-refractivity contribution is -0.118. The fourth-order valence-electron chi connectivity index (χ4n) is 11.6. The Bertz CT molecular complexity index is 3680. The molecule has 0 unspecified atom stereocenters. The van der Waals surface area contributed by atoms with Crippen molar-refractivity contribution in [2.45, 2.75) is 123 Å². The number of carbonyl (C=O) groups excluding carboxylic acids is 3. The van der Waals surface area contributed by atoms with E-state index in [9.17, 15) is 14.4 Å². The molecule has 0 bridgehead atoms. The smallest absolute Gasteiger partial charge is 0.225 e. The second-order valence-electron chi connectivity index (χ2n) is 22.5. The number of hydrogen-bond acceptors (Lipinski definition) is 16. The Balaban J connectivity index is 0.000000128. The van der Waals surface area contributed by atoms with Crippen molar-refractivity contribution in [3.05, 3.63) is 73.0 Å². The summed E-state index contributed by atoms with van der Waals surface area (Å²) in [4.78, 5) is 49.3. The first-order chi connectivity index (χ1) is 38.9. The SMILES string of the molecule is C[C@@H](Oc1nc(-c2cnn([C@H]3CCOC3)c2)cc2nn(C)cc12)[C@H]1CCC(=O)C1.Cc1c(-c2cc3nn(C)cc3c(O[C@H](C)[C@H]3CCC(=O)C3)n2)cnn1C.Cc1nn(C)cc1-c1cc2nn(C)cc2c(O[C@H](C)[C@H]2CCC(=O)C2)n1. The van der Waals surface area contributed by atoms with Crippen LogP contribution in [-0.2, 0) is 54.4 Å². The highest BCUT2D eigenvalue weighted by atomic mass is 16.5. The van der Waals surface area contributed by atoms with Crippen LogP contribution in [0.4, 0.5) is 0 Å². The van der Waals surface area contributed by atoms with Gasteiger partial charge in [0.1, 0.15) is 35.7 Å². The third kappa shape index (κ3) is 11.9. The fraction of sp³-hybridized carbons (Fsp3) is 0.492. The van der Waals surface area contributed by atoms with Crippen LogP contribution < -0.4 is 14.2 Å². The maximum absolute atomic E-state index is 11.7. The molecule has 22 nitrogen and oxygen atoms in total. The first-order valence-corrected chi connectivity index (χ1v) is 28.1. The zero-order valence-corrected chi connectivity index (χ0v) is 47.9. The number of carbonyl (C=O) groups is 3. The van der Waals surface area contributed by atoms with Crippen LogP contribution in [0.25, 0.3) is 66.5 Å². The maximum atomic E-state index is 11.7. The van der Waals surface area contributed by atoms with Gasteiger partial charge in [0.05, 0.1) is 80.5 Å². The molecule has 4 fully saturated rings. The highest BCUT2D eigenvalue weighted by Crippen LogP contribution is 2.37. The van der Waals surface area contributed by atoms with E-state index in [0.29, 0.717) is 80.1 Å². The molecular weight excluding hydrogens is 1030 g/mol. The lowest BCUT2D eigenvalue weighted by atomic mass is 10.0. The molecule has 0 spiro atoms. The van der Waals surface area contributed by atoms with E-state index in [1.54, 1.807) is 18.7 Å². The average Bonchev–Trinajstić information content (AvgIpc) is 4.35. The van der Waals surface area contributed by atoms with Crippen molar-refractivity contribution < 1.29 is 33.3 Å². The number of Topliss-reactive ketones (excluding diaryl/α,β-unsaturated/α-hetero) is 3. The Morgan fingerprint density at radius 2 is 0.975 bits per heavy atom. The summed E-state index contributed by atoms with van der Waals surface area (Å²) in [7, 11) is 9.47. The van der Waals surface area contributed by atoms with E-state index in [0.717, 1.165) is 110 Å². The average molecular weight is 1100 g/mol. The summed E-state index contributed by atoms with van der Waals surface area (Å²) in [5.74, 6) is 3.41. The van der Waals surface area contributed by atoms with Gasteiger partial charge < -0.3 is 18.9 Å². The first kappa shape index (κ1) is 54.8. The number of aromatic nitrogens is 15. The Morgan fingerprint density at radius 3 is 1.37 bits per heavy atom. The first-order valence-electron chi connectivity index (χ1n) is 28.1. The van der Waals surface area contributed by atoms with Crippen molar-refractivity contribution >= 4 is 50.1 Å². The summed E-state index contributed by atoms with van der Waals surface area (Å²) in [6.07, 6.45) is 20.5. The van der Waals surface area contributed by atoms with Crippen molar-refractivity contribution in [3.8, 4) is 51.4 Å². The number of ether oxygens (including phenoxy) is 4. The molecular formula is C59H71N15O7. The molecule has 4 aliphatic rings. The van der Waals surface area contributed by atoms with Crippen LogP contribution in [0.3, 0.4) is 0 Å². The van der Waals surface area contributed by atoms with Crippen molar-refractivity contribution in [3.63, 3.8) is 0 Å². The zero-order valence-electron chi connectivity index (χ0n) is 47.9. The normalized spacial score (nSPS) is 20.2. The summed E-state index contributed by atoms with van der Waals surface area (Å²) in [5.41, 5.74) is 9.70. The van der Waals surface area contributed by atoms with Crippen LogP contribution in [0.2, 0.25) is 0 Å². The molecule has 1 aliphatic heterocycles. The van der Waals surface area contributed by atoms with Crippen molar-refractivity contribution in [2.75, 3.05) is 13.2 Å². The van der Waals surface area contributed by atoms with Gasteiger partial charge in [-0.25, -0.2) is 15.0 Å². The van der Waals surface area contributed by atoms with Crippen molar-refractivity contribution in [1.82, 2.24) is 73.6 Å². The molecule has 424 valence electrons. The number of fused-ring (bicyclic) bond motifs is 3. The second-order valence-corrected chi connectivity index (χ2v) is 22.5. The highest BCUT2D eigenvalue weighted by molar-refractivity contribution is 5.89. The molecule has 9 aromatic rings. The quantitative estimate of drug-likeness (QED) is 0.105. The van der Waals surface area contributed by atoms with Gasteiger partial charge in [0.2, 0.25) is 17.6 Å². The minimum absolute atomic E-state index is 0.0670. The molecule has 7 atom stereocenters. The predicted octanol–water partition coefficient (Wildman–Crippen LogP) is 8.56. The number of hydrogen-bond donors (Lipinski definition) is 0. The van der Waals surface area contributed by atoms with Crippen molar-refractivity contribution in [2.24, 2.45) is 53.0 Å². The largest absolute Gasteiger partial charge is 0.474 e. The lowest BCUT2D eigenvalue weighted by Gasteiger charge is -2.20. The van der Waals surface area contributed by atoms with Crippen LogP contribution >= 0.6 is 0 Å². The molecule has 0 aromatic carbocycles. The summed E-state index contributed by atoms with van der Waals surface area (Å²) in [6.45, 7) is 11.5. The van der Waals surface area contributed by atoms with Gasteiger partial charge in [0.15, 0.2) is 0 Å².